The first-order valence-electron chi connectivity index (χ1n) is 4.26. The van der Waals surface area contributed by atoms with E-state index in [1.54, 1.807) is 18.0 Å². The van der Waals surface area contributed by atoms with Gasteiger partial charge in [-0.2, -0.15) is 0 Å². The molecule has 1 N–H and O–H groups in total. The SMILES string of the molecule is CC(C)(C)Sc1ccc(CO)cn1. The zero-order valence-corrected chi connectivity index (χ0v) is 9.06. The zero-order valence-electron chi connectivity index (χ0n) is 8.24. The van der Waals surface area contributed by atoms with E-state index in [2.05, 4.69) is 25.8 Å². The summed E-state index contributed by atoms with van der Waals surface area (Å²) in [6, 6.07) is 3.85. The van der Waals surface area contributed by atoms with Crippen LogP contribution in [0.2, 0.25) is 0 Å². The summed E-state index contributed by atoms with van der Waals surface area (Å²) >= 11 is 1.73. The molecule has 0 bridgehead atoms. The van der Waals surface area contributed by atoms with Crippen molar-refractivity contribution in [1.29, 1.82) is 0 Å². The fraction of sp³-hybridized carbons (Fsp3) is 0.500. The second kappa shape index (κ2) is 4.11. The van der Waals surface area contributed by atoms with Crippen LogP contribution in [0.1, 0.15) is 26.3 Å². The number of rotatable bonds is 2. The van der Waals surface area contributed by atoms with Gasteiger partial charge in [0.1, 0.15) is 0 Å². The van der Waals surface area contributed by atoms with Crippen LogP contribution in [0.5, 0.6) is 0 Å². The molecule has 0 atom stereocenters. The highest BCUT2D eigenvalue weighted by Crippen LogP contribution is 2.29. The van der Waals surface area contributed by atoms with E-state index in [-0.39, 0.29) is 11.4 Å². The summed E-state index contributed by atoms with van der Waals surface area (Å²) in [6.07, 6.45) is 1.72. The molecule has 0 aromatic carbocycles. The molecule has 13 heavy (non-hydrogen) atoms. The molecular formula is C10H15NOS. The average Bonchev–Trinajstić information content (AvgIpc) is 2.03. The Morgan fingerprint density at radius 3 is 2.46 bits per heavy atom. The molecule has 1 heterocycles. The van der Waals surface area contributed by atoms with Gasteiger partial charge < -0.3 is 5.11 Å². The van der Waals surface area contributed by atoms with Gasteiger partial charge in [-0.3, -0.25) is 0 Å². The molecule has 0 aliphatic heterocycles. The Balaban J connectivity index is 2.70. The molecule has 0 aliphatic carbocycles. The third kappa shape index (κ3) is 3.79. The van der Waals surface area contributed by atoms with Crippen LogP contribution in [0, 0.1) is 0 Å². The fourth-order valence-electron chi connectivity index (χ4n) is 0.879. The Bertz CT molecular complexity index is 263. The number of hydrogen-bond donors (Lipinski definition) is 1. The fourth-order valence-corrected chi connectivity index (χ4v) is 1.75. The number of aliphatic hydroxyl groups is 1. The van der Waals surface area contributed by atoms with Crippen molar-refractivity contribution in [2.75, 3.05) is 0 Å². The lowest BCUT2D eigenvalue weighted by molar-refractivity contribution is 0.281. The van der Waals surface area contributed by atoms with Crippen molar-refractivity contribution in [2.45, 2.75) is 37.2 Å². The van der Waals surface area contributed by atoms with Gasteiger partial charge in [-0.15, -0.1) is 11.8 Å². The number of pyridine rings is 1. The standard InChI is InChI=1S/C10H15NOS/c1-10(2,3)13-9-5-4-8(7-12)6-11-9/h4-6,12H,7H2,1-3H3. The van der Waals surface area contributed by atoms with E-state index in [0.717, 1.165) is 10.6 Å². The van der Waals surface area contributed by atoms with E-state index in [0.29, 0.717) is 0 Å². The van der Waals surface area contributed by atoms with Crippen LogP contribution in [0.15, 0.2) is 23.4 Å². The Hall–Kier alpha value is -0.540. The maximum atomic E-state index is 8.81. The molecule has 0 amide bonds. The number of hydrogen-bond acceptors (Lipinski definition) is 3. The second-order valence-corrected chi connectivity index (χ2v) is 5.72. The van der Waals surface area contributed by atoms with Crippen LogP contribution in [0.3, 0.4) is 0 Å². The highest BCUT2D eigenvalue weighted by molar-refractivity contribution is 8.00. The molecule has 0 unspecified atom stereocenters. The summed E-state index contributed by atoms with van der Waals surface area (Å²) in [5.74, 6) is 0. The molecule has 1 rings (SSSR count). The molecule has 72 valence electrons. The largest absolute Gasteiger partial charge is 0.392 e. The average molecular weight is 197 g/mol. The minimum atomic E-state index is 0.0630. The first kappa shape index (κ1) is 10.5. The lowest BCUT2D eigenvalue weighted by atomic mass is 10.3. The van der Waals surface area contributed by atoms with Crippen molar-refractivity contribution >= 4 is 11.8 Å². The van der Waals surface area contributed by atoms with Crippen molar-refractivity contribution in [3.05, 3.63) is 23.9 Å². The van der Waals surface area contributed by atoms with Crippen LogP contribution in [-0.2, 0) is 6.61 Å². The summed E-state index contributed by atoms with van der Waals surface area (Å²) < 4.78 is 0.188. The summed E-state index contributed by atoms with van der Waals surface area (Å²) in [7, 11) is 0. The van der Waals surface area contributed by atoms with Crippen LogP contribution >= 0.6 is 11.8 Å². The predicted octanol–water partition coefficient (Wildman–Crippen LogP) is 2.46. The highest BCUT2D eigenvalue weighted by atomic mass is 32.2. The smallest absolute Gasteiger partial charge is 0.0965 e. The van der Waals surface area contributed by atoms with Crippen molar-refractivity contribution in [1.82, 2.24) is 4.98 Å². The van der Waals surface area contributed by atoms with Gasteiger partial charge >= 0.3 is 0 Å². The molecule has 1 aromatic rings. The Morgan fingerprint density at radius 1 is 1.38 bits per heavy atom. The van der Waals surface area contributed by atoms with Gasteiger partial charge in [-0.05, 0) is 11.6 Å². The predicted molar refractivity (Wildman–Crippen MR) is 55.8 cm³/mol. The van der Waals surface area contributed by atoms with Gasteiger partial charge in [0.15, 0.2) is 0 Å². The van der Waals surface area contributed by atoms with Gasteiger partial charge in [0.2, 0.25) is 0 Å². The van der Waals surface area contributed by atoms with Gasteiger partial charge in [0.05, 0.1) is 11.6 Å². The Morgan fingerprint density at radius 2 is 2.08 bits per heavy atom. The molecule has 1 aromatic heterocycles. The molecule has 0 radical (unpaired) electrons. The third-order valence-electron chi connectivity index (χ3n) is 1.39. The van der Waals surface area contributed by atoms with E-state index in [4.69, 9.17) is 5.11 Å². The lowest BCUT2D eigenvalue weighted by Crippen LogP contribution is -2.07. The van der Waals surface area contributed by atoms with Crippen LogP contribution in [-0.4, -0.2) is 14.8 Å². The number of aliphatic hydroxyl groups excluding tert-OH is 1. The molecule has 0 aliphatic rings. The minimum Gasteiger partial charge on any atom is -0.392 e. The topological polar surface area (TPSA) is 33.1 Å². The second-order valence-electron chi connectivity index (χ2n) is 3.88. The molecule has 0 saturated heterocycles. The monoisotopic (exact) mass is 197 g/mol. The summed E-state index contributed by atoms with van der Waals surface area (Å²) in [6.45, 7) is 6.52. The normalized spacial score (nSPS) is 11.7. The molecular weight excluding hydrogens is 182 g/mol. The van der Waals surface area contributed by atoms with E-state index in [9.17, 15) is 0 Å². The van der Waals surface area contributed by atoms with E-state index < -0.39 is 0 Å². The van der Waals surface area contributed by atoms with E-state index >= 15 is 0 Å². The van der Waals surface area contributed by atoms with E-state index in [1.807, 2.05) is 12.1 Å². The van der Waals surface area contributed by atoms with Gasteiger partial charge in [0.25, 0.3) is 0 Å². The van der Waals surface area contributed by atoms with Gasteiger partial charge in [-0.25, -0.2) is 4.98 Å². The molecule has 0 spiro atoms. The zero-order chi connectivity index (χ0) is 9.90. The number of thioether (sulfide) groups is 1. The number of aromatic nitrogens is 1. The minimum absolute atomic E-state index is 0.0630. The first-order valence-corrected chi connectivity index (χ1v) is 5.08. The van der Waals surface area contributed by atoms with Crippen LogP contribution in [0.25, 0.3) is 0 Å². The molecule has 0 saturated carbocycles. The highest BCUT2D eigenvalue weighted by Gasteiger charge is 2.12. The van der Waals surface area contributed by atoms with Crippen molar-refractivity contribution in [2.24, 2.45) is 0 Å². The summed E-state index contributed by atoms with van der Waals surface area (Å²) in [5.41, 5.74) is 0.859. The maximum absolute atomic E-state index is 8.81. The molecule has 2 nitrogen and oxygen atoms in total. The van der Waals surface area contributed by atoms with Crippen LogP contribution in [0.4, 0.5) is 0 Å². The van der Waals surface area contributed by atoms with Crippen LogP contribution < -0.4 is 0 Å². The maximum Gasteiger partial charge on any atom is 0.0965 e. The lowest BCUT2D eigenvalue weighted by Gasteiger charge is -2.16. The van der Waals surface area contributed by atoms with Gasteiger partial charge in [-0.1, -0.05) is 26.8 Å². The van der Waals surface area contributed by atoms with E-state index in [1.165, 1.54) is 0 Å². The Labute approximate surface area is 83.4 Å². The number of nitrogens with zero attached hydrogens (tertiary/aromatic N) is 1. The van der Waals surface area contributed by atoms with Crippen molar-refractivity contribution in [3.8, 4) is 0 Å². The Kier molecular flexibility index (Phi) is 3.33. The first-order chi connectivity index (χ1) is 6.01. The van der Waals surface area contributed by atoms with Gasteiger partial charge in [0, 0.05) is 10.9 Å². The molecule has 0 fully saturated rings. The molecule has 3 heteroatoms. The summed E-state index contributed by atoms with van der Waals surface area (Å²) in [5, 5.41) is 9.82. The van der Waals surface area contributed by atoms with Crippen molar-refractivity contribution < 1.29 is 5.11 Å². The van der Waals surface area contributed by atoms with Crippen molar-refractivity contribution in [3.63, 3.8) is 0 Å². The quantitative estimate of drug-likeness (QED) is 0.739. The summed E-state index contributed by atoms with van der Waals surface area (Å²) in [4.78, 5) is 4.24. The third-order valence-corrected chi connectivity index (χ3v) is 2.45.